The maximum Gasteiger partial charge on any atom is 0.236 e. The first-order chi connectivity index (χ1) is 10.1. The van der Waals surface area contributed by atoms with Crippen LogP contribution in [0.4, 0.5) is 5.13 Å². The van der Waals surface area contributed by atoms with Crippen molar-refractivity contribution >= 4 is 22.4 Å². The fourth-order valence-corrected chi connectivity index (χ4v) is 3.49. The van der Waals surface area contributed by atoms with Crippen molar-refractivity contribution < 1.29 is 4.79 Å². The molecule has 0 radical (unpaired) electrons. The molecule has 2 rings (SSSR count). The largest absolute Gasteiger partial charge is 0.358 e. The lowest BCUT2D eigenvalue weighted by atomic mass is 9.99. The Morgan fingerprint density at radius 3 is 2.71 bits per heavy atom. The Kier molecular flexibility index (Phi) is 5.99. The van der Waals surface area contributed by atoms with E-state index >= 15 is 0 Å². The van der Waals surface area contributed by atoms with E-state index in [-0.39, 0.29) is 11.9 Å². The van der Waals surface area contributed by atoms with Crippen LogP contribution in [-0.2, 0) is 4.79 Å². The van der Waals surface area contributed by atoms with Crippen LogP contribution in [0.15, 0.2) is 11.6 Å². The van der Waals surface area contributed by atoms with Gasteiger partial charge >= 0.3 is 0 Å². The van der Waals surface area contributed by atoms with Crippen molar-refractivity contribution in [1.82, 2.24) is 15.6 Å². The summed E-state index contributed by atoms with van der Waals surface area (Å²) in [7, 11) is 1.71. The van der Waals surface area contributed by atoms with E-state index in [4.69, 9.17) is 0 Å². The van der Waals surface area contributed by atoms with Gasteiger partial charge in [-0.05, 0) is 25.2 Å². The van der Waals surface area contributed by atoms with Gasteiger partial charge in [-0.3, -0.25) is 4.79 Å². The molecule has 1 atom stereocenters. The number of nitrogens with zero attached hydrogens (tertiary/aromatic N) is 2. The highest BCUT2D eigenvalue weighted by atomic mass is 32.1. The Balaban J connectivity index is 1.84. The molecule has 1 aromatic heterocycles. The molecular weight excluding hydrogens is 284 g/mol. The molecule has 118 valence electrons. The number of nitrogens with one attached hydrogen (secondary N) is 2. The third-order valence-corrected chi connectivity index (χ3v) is 4.72. The van der Waals surface area contributed by atoms with Crippen LogP contribution < -0.4 is 15.5 Å². The molecule has 1 unspecified atom stereocenters. The SMILES string of the molecule is CNC(=O)C(CC(C)C)NC1CCN(c2nccs2)CC1. The van der Waals surface area contributed by atoms with Crippen LogP contribution in [0.5, 0.6) is 0 Å². The number of carbonyl (C=O) groups is 1. The van der Waals surface area contributed by atoms with E-state index in [2.05, 4.69) is 34.4 Å². The van der Waals surface area contributed by atoms with Gasteiger partial charge in [-0.1, -0.05) is 13.8 Å². The van der Waals surface area contributed by atoms with Crippen molar-refractivity contribution in [2.24, 2.45) is 5.92 Å². The number of likely N-dealkylation sites (N-methyl/N-ethyl adjacent to an activating group) is 1. The van der Waals surface area contributed by atoms with Gasteiger partial charge in [0.2, 0.25) is 5.91 Å². The fraction of sp³-hybridized carbons (Fsp3) is 0.733. The molecule has 0 bridgehead atoms. The van der Waals surface area contributed by atoms with E-state index in [1.807, 2.05) is 11.6 Å². The standard InChI is InChI=1S/C15H26N4OS/c1-11(2)10-13(14(20)16-3)18-12-4-7-19(8-5-12)15-17-6-9-21-15/h6,9,11-13,18H,4-5,7-8,10H2,1-3H3,(H,16,20). The molecule has 1 fully saturated rings. The highest BCUT2D eigenvalue weighted by Crippen LogP contribution is 2.22. The van der Waals surface area contributed by atoms with Gasteiger partial charge < -0.3 is 15.5 Å². The summed E-state index contributed by atoms with van der Waals surface area (Å²) in [6.07, 6.45) is 4.86. The zero-order valence-corrected chi connectivity index (χ0v) is 13.9. The molecular formula is C15H26N4OS. The third kappa shape index (κ3) is 4.68. The van der Waals surface area contributed by atoms with Crippen LogP contribution in [0.1, 0.15) is 33.1 Å². The number of hydrogen-bond donors (Lipinski definition) is 2. The smallest absolute Gasteiger partial charge is 0.236 e. The molecule has 21 heavy (non-hydrogen) atoms. The predicted molar refractivity (Wildman–Crippen MR) is 87.8 cm³/mol. The van der Waals surface area contributed by atoms with Gasteiger partial charge in [0.15, 0.2) is 5.13 Å². The van der Waals surface area contributed by atoms with Crippen molar-refractivity contribution in [3.63, 3.8) is 0 Å². The molecule has 1 aromatic rings. The van der Waals surface area contributed by atoms with Gasteiger partial charge in [0.1, 0.15) is 0 Å². The Labute approximate surface area is 131 Å². The van der Waals surface area contributed by atoms with Crippen molar-refractivity contribution in [2.75, 3.05) is 25.0 Å². The van der Waals surface area contributed by atoms with Gasteiger partial charge in [0, 0.05) is 37.8 Å². The predicted octanol–water partition coefficient (Wildman–Crippen LogP) is 1.86. The minimum atomic E-state index is -0.0774. The maximum atomic E-state index is 12.0. The summed E-state index contributed by atoms with van der Waals surface area (Å²) in [5.41, 5.74) is 0. The molecule has 0 aromatic carbocycles. The Bertz CT molecular complexity index is 427. The average Bonchev–Trinajstić information content (AvgIpc) is 3.00. The summed E-state index contributed by atoms with van der Waals surface area (Å²) in [5, 5.41) is 9.45. The Morgan fingerprint density at radius 2 is 2.19 bits per heavy atom. The molecule has 1 aliphatic heterocycles. The van der Waals surface area contributed by atoms with Gasteiger partial charge in [0.05, 0.1) is 6.04 Å². The van der Waals surface area contributed by atoms with Crippen LogP contribution in [0.3, 0.4) is 0 Å². The summed E-state index contributed by atoms with van der Waals surface area (Å²) in [4.78, 5) is 18.7. The maximum absolute atomic E-state index is 12.0. The van der Waals surface area contributed by atoms with Crippen LogP contribution >= 0.6 is 11.3 Å². The number of aromatic nitrogens is 1. The van der Waals surface area contributed by atoms with Gasteiger partial charge in [-0.25, -0.2) is 4.98 Å². The molecule has 0 saturated carbocycles. The lowest BCUT2D eigenvalue weighted by Gasteiger charge is -2.34. The lowest BCUT2D eigenvalue weighted by molar-refractivity contribution is -0.123. The van der Waals surface area contributed by atoms with Gasteiger partial charge in [-0.15, -0.1) is 11.3 Å². The molecule has 5 nitrogen and oxygen atoms in total. The lowest BCUT2D eigenvalue weighted by Crippen LogP contribution is -2.51. The summed E-state index contributed by atoms with van der Waals surface area (Å²) in [5.74, 6) is 0.612. The second-order valence-corrected chi connectivity index (χ2v) is 6.91. The number of thiazole rings is 1. The first-order valence-corrected chi connectivity index (χ1v) is 8.60. The highest BCUT2D eigenvalue weighted by molar-refractivity contribution is 7.13. The summed E-state index contributed by atoms with van der Waals surface area (Å²) in [6, 6.07) is 0.341. The first-order valence-electron chi connectivity index (χ1n) is 7.72. The van der Waals surface area contributed by atoms with Crippen molar-refractivity contribution in [3.05, 3.63) is 11.6 Å². The zero-order valence-electron chi connectivity index (χ0n) is 13.1. The average molecular weight is 310 g/mol. The monoisotopic (exact) mass is 310 g/mol. The summed E-state index contributed by atoms with van der Waals surface area (Å²) < 4.78 is 0. The first kappa shape index (κ1) is 16.2. The molecule has 1 amide bonds. The van der Waals surface area contributed by atoms with Crippen molar-refractivity contribution in [3.8, 4) is 0 Å². The normalized spacial score (nSPS) is 18.0. The molecule has 6 heteroatoms. The Hall–Kier alpha value is -1.14. The number of carbonyl (C=O) groups excluding carboxylic acids is 1. The van der Waals surface area contributed by atoms with E-state index in [9.17, 15) is 4.79 Å². The zero-order chi connectivity index (χ0) is 15.2. The van der Waals surface area contributed by atoms with Crippen molar-refractivity contribution in [1.29, 1.82) is 0 Å². The quantitative estimate of drug-likeness (QED) is 0.842. The Morgan fingerprint density at radius 1 is 1.48 bits per heavy atom. The van der Waals surface area contributed by atoms with E-state index < -0.39 is 0 Å². The third-order valence-electron chi connectivity index (χ3n) is 3.89. The van der Waals surface area contributed by atoms with Crippen molar-refractivity contribution in [2.45, 2.75) is 45.2 Å². The minimum absolute atomic E-state index is 0.0774. The fourth-order valence-electron chi connectivity index (χ4n) is 2.79. The summed E-state index contributed by atoms with van der Waals surface area (Å²) >= 11 is 1.69. The second-order valence-electron chi connectivity index (χ2n) is 6.04. The van der Waals surface area contributed by atoms with E-state index in [1.54, 1.807) is 18.4 Å². The van der Waals surface area contributed by atoms with Crippen LogP contribution in [0.25, 0.3) is 0 Å². The van der Waals surface area contributed by atoms with E-state index in [0.29, 0.717) is 12.0 Å². The van der Waals surface area contributed by atoms with E-state index in [1.165, 1.54) is 0 Å². The van der Waals surface area contributed by atoms with Gasteiger partial charge in [-0.2, -0.15) is 0 Å². The molecule has 0 spiro atoms. The summed E-state index contributed by atoms with van der Waals surface area (Å²) in [6.45, 7) is 6.33. The molecule has 1 aliphatic rings. The molecule has 2 N–H and O–H groups in total. The number of anilines is 1. The highest BCUT2D eigenvalue weighted by Gasteiger charge is 2.26. The molecule has 0 aliphatic carbocycles. The van der Waals surface area contributed by atoms with Crippen LogP contribution in [0.2, 0.25) is 0 Å². The van der Waals surface area contributed by atoms with Gasteiger partial charge in [0.25, 0.3) is 0 Å². The number of hydrogen-bond acceptors (Lipinski definition) is 5. The number of amides is 1. The number of piperidine rings is 1. The number of rotatable bonds is 6. The van der Waals surface area contributed by atoms with Crippen LogP contribution in [-0.4, -0.2) is 43.1 Å². The van der Waals surface area contributed by atoms with Crippen LogP contribution in [0, 0.1) is 5.92 Å². The molecule has 2 heterocycles. The molecule has 1 saturated heterocycles. The second kappa shape index (κ2) is 7.75. The van der Waals surface area contributed by atoms with E-state index in [0.717, 1.165) is 37.5 Å². The minimum Gasteiger partial charge on any atom is -0.358 e. The topological polar surface area (TPSA) is 57.3 Å².